The number of benzene rings is 1. The molecule has 0 unspecified atom stereocenters. The number of amides is 1. The number of ketones is 3. The molecule has 11 heteroatoms. The monoisotopic (exact) mass is 527 g/mol. The topological polar surface area (TPSA) is 168 Å². The maximum Gasteiger partial charge on any atom is 0.234 e. The summed E-state index contributed by atoms with van der Waals surface area (Å²) in [6, 6.07) is 1.71. The molecule has 5 N–H and O–H groups in total. The first kappa shape index (κ1) is 27.3. The van der Waals surface area contributed by atoms with Crippen LogP contribution in [0.3, 0.4) is 0 Å². The van der Waals surface area contributed by atoms with E-state index in [1.165, 1.54) is 0 Å². The van der Waals surface area contributed by atoms with Crippen molar-refractivity contribution in [1.82, 2.24) is 10.2 Å². The highest BCUT2D eigenvalue weighted by Gasteiger charge is 2.60. The Morgan fingerprint density at radius 2 is 1.76 bits per heavy atom. The molecule has 3 aliphatic rings. The first-order valence-electron chi connectivity index (χ1n) is 12.3. The Labute approximate surface area is 220 Å². The molecule has 1 aromatic rings. The minimum absolute atomic E-state index is 0.0110. The number of rotatable bonds is 6. The maximum absolute atomic E-state index is 13.7. The predicted molar refractivity (Wildman–Crippen MR) is 138 cm³/mol. The smallest absolute Gasteiger partial charge is 0.234 e. The molecule has 0 aromatic heterocycles. The fourth-order valence-electron chi connectivity index (χ4n) is 5.90. The van der Waals surface area contributed by atoms with E-state index in [2.05, 4.69) is 5.32 Å². The SMILES string of the molecule is CC(=O)C1=C(O)[C@]2(O)C(=O)C3=C(O)c4c(O)c(CNC(=O)CN(C)C)cc(N(C)C)c4C[C@@H]3C[C@@H]2CC1=O. The van der Waals surface area contributed by atoms with E-state index in [-0.39, 0.29) is 55.1 Å². The molecule has 38 heavy (non-hydrogen) atoms. The molecular weight excluding hydrogens is 494 g/mol. The Hall–Kier alpha value is -3.70. The van der Waals surface area contributed by atoms with Gasteiger partial charge in [-0.05, 0) is 51.4 Å². The number of allylic oxidation sites excluding steroid dienone is 1. The summed E-state index contributed by atoms with van der Waals surface area (Å²) in [5.41, 5.74) is -1.76. The van der Waals surface area contributed by atoms with Crippen molar-refractivity contribution >= 4 is 34.7 Å². The second-order valence-electron chi connectivity index (χ2n) is 10.8. The number of anilines is 1. The zero-order valence-electron chi connectivity index (χ0n) is 22.1. The van der Waals surface area contributed by atoms with Gasteiger partial charge in [-0.25, -0.2) is 0 Å². The molecule has 11 nitrogen and oxygen atoms in total. The molecule has 1 saturated carbocycles. The average molecular weight is 528 g/mol. The number of fused-ring (bicyclic) bond motifs is 3. The van der Waals surface area contributed by atoms with Gasteiger partial charge in [0.05, 0.1) is 12.1 Å². The summed E-state index contributed by atoms with van der Waals surface area (Å²) >= 11 is 0. The number of carbonyl (C=O) groups is 4. The van der Waals surface area contributed by atoms with Crippen molar-refractivity contribution in [3.63, 3.8) is 0 Å². The van der Waals surface area contributed by atoms with E-state index in [9.17, 15) is 39.6 Å². The lowest BCUT2D eigenvalue weighted by molar-refractivity contribution is -0.147. The van der Waals surface area contributed by atoms with Crippen molar-refractivity contribution < 1.29 is 39.6 Å². The summed E-state index contributed by atoms with van der Waals surface area (Å²) in [7, 11) is 7.06. The Balaban J connectivity index is 1.85. The number of Topliss-reactive ketones (excluding diaryl/α,β-unsaturated/α-hetero) is 3. The van der Waals surface area contributed by atoms with E-state index in [4.69, 9.17) is 0 Å². The molecule has 4 rings (SSSR count). The van der Waals surface area contributed by atoms with Gasteiger partial charge in [0.15, 0.2) is 17.2 Å². The largest absolute Gasteiger partial charge is 0.508 e. The van der Waals surface area contributed by atoms with Gasteiger partial charge in [0.2, 0.25) is 11.7 Å². The standard InChI is InChI=1S/C27H33N3O8/c1-12(31)20-18(32)9-15-6-13-7-16-17(30(4)5)8-14(10-28-19(33)11-29(2)3)23(34)22(16)24(35)21(13)26(37)27(15,38)25(20)36/h8,13,15,34-36,38H,6-7,9-11H2,1-5H3,(H,28,33)/t13-,15+,27-/m0/s1. The van der Waals surface area contributed by atoms with Crippen molar-refractivity contribution in [2.24, 2.45) is 11.8 Å². The molecule has 1 fully saturated rings. The Morgan fingerprint density at radius 1 is 1.11 bits per heavy atom. The minimum Gasteiger partial charge on any atom is -0.508 e. The molecule has 0 heterocycles. The van der Waals surface area contributed by atoms with Crippen LogP contribution in [0.25, 0.3) is 5.76 Å². The van der Waals surface area contributed by atoms with Crippen LogP contribution in [0.4, 0.5) is 5.69 Å². The molecule has 3 aliphatic carbocycles. The summed E-state index contributed by atoms with van der Waals surface area (Å²) in [6.45, 7) is 1.17. The van der Waals surface area contributed by atoms with E-state index in [1.807, 2.05) is 0 Å². The number of hydrogen-bond donors (Lipinski definition) is 5. The maximum atomic E-state index is 13.7. The number of aliphatic hydroxyl groups is 3. The number of likely N-dealkylation sites (N-methyl/N-ethyl adjacent to an activating group) is 1. The molecule has 1 aromatic carbocycles. The number of hydrogen-bond acceptors (Lipinski definition) is 10. The molecule has 0 spiro atoms. The molecular formula is C27H33N3O8. The van der Waals surface area contributed by atoms with E-state index >= 15 is 0 Å². The lowest BCUT2D eigenvalue weighted by Crippen LogP contribution is -2.57. The number of nitrogens with one attached hydrogen (secondary N) is 1. The van der Waals surface area contributed by atoms with Crippen LogP contribution in [-0.4, -0.2) is 88.9 Å². The van der Waals surface area contributed by atoms with E-state index in [0.29, 0.717) is 16.8 Å². The highest BCUT2D eigenvalue weighted by atomic mass is 16.3. The minimum atomic E-state index is -2.54. The highest BCUT2D eigenvalue weighted by molar-refractivity contribution is 6.23. The first-order chi connectivity index (χ1) is 17.7. The van der Waals surface area contributed by atoms with Gasteiger partial charge < -0.3 is 35.5 Å². The van der Waals surface area contributed by atoms with Crippen LogP contribution < -0.4 is 10.2 Å². The third kappa shape index (κ3) is 4.15. The van der Waals surface area contributed by atoms with Crippen molar-refractivity contribution in [1.29, 1.82) is 0 Å². The Bertz CT molecular complexity index is 1330. The zero-order valence-corrected chi connectivity index (χ0v) is 22.1. The Kier molecular flexibility index (Phi) is 6.87. The Morgan fingerprint density at radius 3 is 2.34 bits per heavy atom. The molecule has 1 amide bonds. The molecule has 3 atom stereocenters. The summed E-state index contributed by atoms with van der Waals surface area (Å²) in [4.78, 5) is 54.0. The van der Waals surface area contributed by atoms with Crippen LogP contribution in [-0.2, 0) is 32.1 Å². The molecule has 204 valence electrons. The van der Waals surface area contributed by atoms with Crippen LogP contribution in [0.5, 0.6) is 5.75 Å². The van der Waals surface area contributed by atoms with E-state index in [1.54, 1.807) is 44.1 Å². The normalized spacial score (nSPS) is 24.7. The zero-order chi connectivity index (χ0) is 28.3. The lowest BCUT2D eigenvalue weighted by Gasteiger charge is -2.46. The average Bonchev–Trinajstić information content (AvgIpc) is 2.80. The lowest BCUT2D eigenvalue weighted by atomic mass is 9.59. The number of carbonyl (C=O) groups excluding carboxylic acids is 4. The quantitative estimate of drug-likeness (QED) is 0.333. The third-order valence-electron chi connectivity index (χ3n) is 7.64. The van der Waals surface area contributed by atoms with Gasteiger partial charge in [0, 0.05) is 49.8 Å². The van der Waals surface area contributed by atoms with Crippen LogP contribution in [0, 0.1) is 11.8 Å². The van der Waals surface area contributed by atoms with Gasteiger partial charge in [0.25, 0.3) is 0 Å². The van der Waals surface area contributed by atoms with Crippen LogP contribution in [0.15, 0.2) is 23.0 Å². The van der Waals surface area contributed by atoms with E-state index < -0.39 is 51.9 Å². The molecule has 0 aliphatic heterocycles. The number of nitrogens with zero attached hydrogens (tertiary/aromatic N) is 2. The summed E-state index contributed by atoms with van der Waals surface area (Å²) in [5, 5.41) is 47.5. The van der Waals surface area contributed by atoms with Gasteiger partial charge in [0.1, 0.15) is 22.8 Å². The van der Waals surface area contributed by atoms with Crippen LogP contribution in [0.2, 0.25) is 0 Å². The van der Waals surface area contributed by atoms with Gasteiger partial charge >= 0.3 is 0 Å². The second-order valence-corrected chi connectivity index (χ2v) is 10.8. The number of aromatic hydroxyl groups is 1. The third-order valence-corrected chi connectivity index (χ3v) is 7.64. The van der Waals surface area contributed by atoms with Crippen LogP contribution >= 0.6 is 0 Å². The van der Waals surface area contributed by atoms with Crippen molar-refractivity contribution in [2.45, 2.75) is 38.3 Å². The number of aliphatic hydroxyl groups excluding tert-OH is 2. The fourth-order valence-corrected chi connectivity index (χ4v) is 5.90. The predicted octanol–water partition coefficient (Wildman–Crippen LogP) is 0.771. The molecule has 0 bridgehead atoms. The van der Waals surface area contributed by atoms with Crippen molar-refractivity contribution in [2.75, 3.05) is 39.6 Å². The van der Waals surface area contributed by atoms with Crippen molar-refractivity contribution in [3.8, 4) is 5.75 Å². The number of phenols is 1. The first-order valence-corrected chi connectivity index (χ1v) is 12.3. The van der Waals surface area contributed by atoms with Gasteiger partial charge in [-0.1, -0.05) is 0 Å². The summed E-state index contributed by atoms with van der Waals surface area (Å²) in [5.74, 6) is -6.09. The molecule has 0 saturated heterocycles. The van der Waals surface area contributed by atoms with Gasteiger partial charge in [-0.3, -0.25) is 19.2 Å². The number of phenolic OH excluding ortho intramolecular Hbond substituents is 1. The van der Waals surface area contributed by atoms with E-state index in [0.717, 1.165) is 6.92 Å². The van der Waals surface area contributed by atoms with Crippen LogP contribution in [0.1, 0.15) is 36.5 Å². The summed E-state index contributed by atoms with van der Waals surface area (Å²) in [6.07, 6.45) is 0.0215. The fraction of sp³-hybridized carbons (Fsp3) is 0.481. The van der Waals surface area contributed by atoms with Crippen molar-refractivity contribution in [3.05, 3.63) is 39.7 Å². The summed E-state index contributed by atoms with van der Waals surface area (Å²) < 4.78 is 0. The highest BCUT2D eigenvalue weighted by Crippen LogP contribution is 2.53. The van der Waals surface area contributed by atoms with Gasteiger partial charge in [-0.15, -0.1) is 0 Å². The molecule has 0 radical (unpaired) electrons. The second kappa shape index (κ2) is 9.55. The van der Waals surface area contributed by atoms with Gasteiger partial charge in [-0.2, -0.15) is 0 Å².